The van der Waals surface area contributed by atoms with Gasteiger partial charge >= 0.3 is 6.03 Å². The van der Waals surface area contributed by atoms with Gasteiger partial charge in [0.1, 0.15) is 5.75 Å². The van der Waals surface area contributed by atoms with Gasteiger partial charge in [-0.3, -0.25) is 4.79 Å². The van der Waals surface area contributed by atoms with Gasteiger partial charge in [-0.15, -0.1) is 0 Å². The van der Waals surface area contributed by atoms with E-state index in [0.717, 1.165) is 49.7 Å². The summed E-state index contributed by atoms with van der Waals surface area (Å²) in [7, 11) is 1.68. The summed E-state index contributed by atoms with van der Waals surface area (Å²) in [5, 5.41) is 17.5. The van der Waals surface area contributed by atoms with Gasteiger partial charge in [0, 0.05) is 49.8 Å². The fourth-order valence-electron chi connectivity index (χ4n) is 4.41. The van der Waals surface area contributed by atoms with Crippen LogP contribution in [0.2, 0.25) is 0 Å². The summed E-state index contributed by atoms with van der Waals surface area (Å²) >= 11 is 0. The number of piperazine rings is 1. The number of methoxy groups -OCH3 is 1. The smallest absolute Gasteiger partial charge is 0.323 e. The molecule has 3 amide bonds. The van der Waals surface area contributed by atoms with E-state index in [-0.39, 0.29) is 5.91 Å². The van der Waals surface area contributed by atoms with Crippen molar-refractivity contribution in [1.82, 2.24) is 5.32 Å². The molecule has 9 nitrogen and oxygen atoms in total. The SMILES string of the molecule is CCCNC(=O)c1cc(NC(=O)Nc2ccc(C#N)cc2)ccc1N1CCN(c2ccccc2OC)CC1. The van der Waals surface area contributed by atoms with E-state index in [0.29, 0.717) is 29.0 Å². The van der Waals surface area contributed by atoms with E-state index in [2.05, 4.69) is 31.8 Å². The van der Waals surface area contributed by atoms with Crippen LogP contribution in [-0.4, -0.2) is 51.8 Å². The average molecular weight is 513 g/mol. The lowest BCUT2D eigenvalue weighted by Crippen LogP contribution is -2.47. The highest BCUT2D eigenvalue weighted by molar-refractivity contribution is 6.04. The number of hydrogen-bond acceptors (Lipinski definition) is 6. The van der Waals surface area contributed by atoms with Crippen molar-refractivity contribution in [2.75, 3.05) is 60.3 Å². The molecule has 0 saturated carbocycles. The monoisotopic (exact) mass is 512 g/mol. The van der Waals surface area contributed by atoms with Gasteiger partial charge in [-0.2, -0.15) is 5.26 Å². The molecule has 0 unspecified atom stereocenters. The molecule has 0 bridgehead atoms. The van der Waals surface area contributed by atoms with Crippen LogP contribution < -0.4 is 30.5 Å². The van der Waals surface area contributed by atoms with E-state index in [1.165, 1.54) is 0 Å². The molecule has 38 heavy (non-hydrogen) atoms. The summed E-state index contributed by atoms with van der Waals surface area (Å²) in [6.07, 6.45) is 0.823. The second kappa shape index (κ2) is 12.5. The summed E-state index contributed by atoms with van der Waals surface area (Å²) in [5.41, 5.74) is 3.99. The molecule has 4 rings (SSSR count). The highest BCUT2D eigenvalue weighted by atomic mass is 16.5. The number of amides is 3. The van der Waals surface area contributed by atoms with Crippen molar-refractivity contribution >= 4 is 34.7 Å². The summed E-state index contributed by atoms with van der Waals surface area (Å²) in [4.78, 5) is 30.2. The minimum absolute atomic E-state index is 0.176. The topological polar surface area (TPSA) is 110 Å². The third-order valence-electron chi connectivity index (χ3n) is 6.35. The summed E-state index contributed by atoms with van der Waals surface area (Å²) in [5.74, 6) is 0.667. The maximum atomic E-state index is 13.1. The Morgan fingerprint density at radius 2 is 1.53 bits per heavy atom. The van der Waals surface area contributed by atoms with Gasteiger partial charge in [-0.05, 0) is 61.0 Å². The number of rotatable bonds is 8. The number of nitrogens with zero attached hydrogens (tertiary/aromatic N) is 3. The molecule has 1 aliphatic rings. The van der Waals surface area contributed by atoms with E-state index in [1.54, 1.807) is 43.5 Å². The number of ether oxygens (including phenoxy) is 1. The summed E-state index contributed by atoms with van der Waals surface area (Å²) in [6.45, 7) is 5.60. The van der Waals surface area contributed by atoms with Crippen LogP contribution in [0.4, 0.5) is 27.5 Å². The lowest BCUT2D eigenvalue weighted by Gasteiger charge is -2.38. The Balaban J connectivity index is 1.48. The van der Waals surface area contributed by atoms with E-state index in [1.807, 2.05) is 37.3 Å². The Morgan fingerprint density at radius 3 is 2.18 bits per heavy atom. The zero-order valence-electron chi connectivity index (χ0n) is 21.7. The largest absolute Gasteiger partial charge is 0.495 e. The fraction of sp³-hybridized carbons (Fsp3) is 0.276. The zero-order valence-corrected chi connectivity index (χ0v) is 21.7. The third kappa shape index (κ3) is 6.34. The van der Waals surface area contributed by atoms with Crippen LogP contribution in [0.3, 0.4) is 0 Å². The molecule has 1 heterocycles. The van der Waals surface area contributed by atoms with Crippen molar-refractivity contribution in [3.63, 3.8) is 0 Å². The fourth-order valence-corrected chi connectivity index (χ4v) is 4.41. The second-order valence-electron chi connectivity index (χ2n) is 8.90. The molecule has 3 N–H and O–H groups in total. The van der Waals surface area contributed by atoms with Gasteiger partial charge in [0.25, 0.3) is 5.91 Å². The molecule has 0 atom stereocenters. The lowest BCUT2D eigenvalue weighted by molar-refractivity contribution is 0.0954. The van der Waals surface area contributed by atoms with Crippen LogP contribution in [0.15, 0.2) is 66.7 Å². The number of urea groups is 1. The molecule has 0 aromatic heterocycles. The van der Waals surface area contributed by atoms with E-state index in [4.69, 9.17) is 10.00 Å². The van der Waals surface area contributed by atoms with E-state index >= 15 is 0 Å². The van der Waals surface area contributed by atoms with Crippen LogP contribution >= 0.6 is 0 Å². The first-order valence-electron chi connectivity index (χ1n) is 12.7. The van der Waals surface area contributed by atoms with Crippen LogP contribution in [0, 0.1) is 11.3 Å². The quantitative estimate of drug-likeness (QED) is 0.404. The number of nitrogens with one attached hydrogen (secondary N) is 3. The van der Waals surface area contributed by atoms with Crippen molar-refractivity contribution in [3.05, 3.63) is 77.9 Å². The Hall–Kier alpha value is -4.71. The second-order valence-corrected chi connectivity index (χ2v) is 8.90. The molecule has 0 aliphatic carbocycles. The Kier molecular flexibility index (Phi) is 8.67. The molecule has 1 saturated heterocycles. The van der Waals surface area contributed by atoms with Crippen molar-refractivity contribution in [3.8, 4) is 11.8 Å². The summed E-state index contributed by atoms with van der Waals surface area (Å²) < 4.78 is 5.53. The zero-order chi connectivity index (χ0) is 26.9. The molecule has 3 aromatic carbocycles. The number of anilines is 4. The molecular weight excluding hydrogens is 480 g/mol. The predicted octanol–water partition coefficient (Wildman–Crippen LogP) is 4.68. The van der Waals surface area contributed by atoms with Crippen LogP contribution in [0.1, 0.15) is 29.3 Å². The standard InChI is InChI=1S/C29H32N6O3/c1-3-14-31-28(36)24-19-23(33-29(37)32-22-10-8-21(20-30)9-11-22)12-13-25(24)34-15-17-35(18-16-34)26-6-4-5-7-27(26)38-2/h4-13,19H,3,14-18H2,1-2H3,(H,31,36)(H2,32,33,37). The molecule has 3 aromatic rings. The molecule has 0 radical (unpaired) electrons. The third-order valence-corrected chi connectivity index (χ3v) is 6.35. The van der Waals surface area contributed by atoms with Crippen molar-refractivity contribution in [1.29, 1.82) is 5.26 Å². The van der Waals surface area contributed by atoms with Crippen LogP contribution in [-0.2, 0) is 0 Å². The van der Waals surface area contributed by atoms with Crippen molar-refractivity contribution < 1.29 is 14.3 Å². The lowest BCUT2D eigenvalue weighted by atomic mass is 10.1. The number of carbonyl (C=O) groups is 2. The maximum Gasteiger partial charge on any atom is 0.323 e. The Bertz CT molecular complexity index is 1310. The molecule has 1 fully saturated rings. The first-order valence-corrected chi connectivity index (χ1v) is 12.7. The van der Waals surface area contributed by atoms with Gasteiger partial charge in [-0.1, -0.05) is 19.1 Å². The Morgan fingerprint density at radius 1 is 0.895 bits per heavy atom. The van der Waals surface area contributed by atoms with Crippen molar-refractivity contribution in [2.24, 2.45) is 0 Å². The van der Waals surface area contributed by atoms with Crippen LogP contribution in [0.5, 0.6) is 5.75 Å². The normalized spacial score (nSPS) is 12.9. The van der Waals surface area contributed by atoms with Gasteiger partial charge in [0.15, 0.2) is 0 Å². The molecule has 0 spiro atoms. The van der Waals surface area contributed by atoms with Gasteiger partial charge in [0.2, 0.25) is 0 Å². The highest BCUT2D eigenvalue weighted by Gasteiger charge is 2.23. The first kappa shape index (κ1) is 26.4. The first-order chi connectivity index (χ1) is 18.5. The Labute approximate surface area is 223 Å². The highest BCUT2D eigenvalue weighted by Crippen LogP contribution is 2.31. The molecule has 9 heteroatoms. The summed E-state index contributed by atoms with van der Waals surface area (Å²) in [6, 6.07) is 21.6. The minimum atomic E-state index is -0.437. The number of carbonyl (C=O) groups excluding carboxylic acids is 2. The number of hydrogen-bond donors (Lipinski definition) is 3. The number of para-hydroxylation sites is 2. The number of benzene rings is 3. The van der Waals surface area contributed by atoms with Gasteiger partial charge in [-0.25, -0.2) is 4.79 Å². The van der Waals surface area contributed by atoms with E-state index in [9.17, 15) is 9.59 Å². The van der Waals surface area contributed by atoms with Gasteiger partial charge < -0.3 is 30.5 Å². The maximum absolute atomic E-state index is 13.1. The molecular formula is C29H32N6O3. The average Bonchev–Trinajstić information content (AvgIpc) is 2.96. The predicted molar refractivity (Wildman–Crippen MR) is 150 cm³/mol. The van der Waals surface area contributed by atoms with Crippen molar-refractivity contribution in [2.45, 2.75) is 13.3 Å². The molecule has 196 valence electrons. The number of nitriles is 1. The van der Waals surface area contributed by atoms with Gasteiger partial charge in [0.05, 0.1) is 30.0 Å². The molecule has 1 aliphatic heterocycles. The van der Waals surface area contributed by atoms with E-state index < -0.39 is 6.03 Å². The minimum Gasteiger partial charge on any atom is -0.495 e. The van der Waals surface area contributed by atoms with Crippen LogP contribution in [0.25, 0.3) is 0 Å².